The molecule has 0 aliphatic carbocycles. The number of hydrogen-bond donors (Lipinski definition) is 0. The van der Waals surface area contributed by atoms with E-state index in [2.05, 4.69) is 20.8 Å². The van der Waals surface area contributed by atoms with Crippen molar-refractivity contribution in [3.8, 4) is 0 Å². The molecule has 1 rings (SSSR count). The fraction of sp³-hybridized carbons (Fsp3) is 0.562. The van der Waals surface area contributed by atoms with Crippen LogP contribution in [0.1, 0.15) is 56.0 Å². The van der Waals surface area contributed by atoms with Gasteiger partial charge in [-0.05, 0) is 38.0 Å². The molecular weight excluding hydrogens is 258 g/mol. The minimum absolute atomic E-state index is 0.109. The summed E-state index contributed by atoms with van der Waals surface area (Å²) >= 11 is 5.82. The fourth-order valence-electron chi connectivity index (χ4n) is 2.08. The Morgan fingerprint density at radius 3 is 2.63 bits per heavy atom. The van der Waals surface area contributed by atoms with Gasteiger partial charge in [0, 0.05) is 24.0 Å². The number of unbranched alkanes of at least 4 members (excludes halogenated alkanes) is 2. The molecular formula is C16H24ClNO. The highest BCUT2D eigenvalue weighted by atomic mass is 35.5. The molecule has 2 nitrogen and oxygen atoms in total. The van der Waals surface area contributed by atoms with Crippen molar-refractivity contribution < 1.29 is 4.79 Å². The first-order valence-corrected chi connectivity index (χ1v) is 7.59. The lowest BCUT2D eigenvalue weighted by atomic mass is 10.1. The Morgan fingerprint density at radius 2 is 2.05 bits per heavy atom. The molecule has 1 amide bonds. The summed E-state index contributed by atoms with van der Waals surface area (Å²) in [7, 11) is 0. The maximum absolute atomic E-state index is 12.5. The highest BCUT2D eigenvalue weighted by Crippen LogP contribution is 2.13. The molecule has 0 radical (unpaired) electrons. The van der Waals surface area contributed by atoms with Crippen LogP contribution in [0, 0.1) is 0 Å². The average Bonchev–Trinajstić information content (AvgIpc) is 2.42. The third-order valence-electron chi connectivity index (χ3n) is 3.22. The summed E-state index contributed by atoms with van der Waals surface area (Å²) in [6.45, 7) is 7.13. The molecule has 0 N–H and O–H groups in total. The van der Waals surface area contributed by atoms with Crippen molar-refractivity contribution >= 4 is 17.5 Å². The second-order valence-electron chi connectivity index (χ2n) is 5.13. The quantitative estimate of drug-likeness (QED) is 0.533. The second-order valence-corrected chi connectivity index (χ2v) is 5.40. The molecule has 19 heavy (non-hydrogen) atoms. The van der Waals surface area contributed by atoms with Crippen molar-refractivity contribution in [1.29, 1.82) is 0 Å². The molecule has 0 aliphatic rings. The van der Waals surface area contributed by atoms with Crippen LogP contribution in [0.2, 0.25) is 0 Å². The average molecular weight is 282 g/mol. The SMILES string of the molecule is CCCCCN(C(=O)c1cccc(CCl)c1)C(C)C. The number of hydrogen-bond acceptors (Lipinski definition) is 1. The van der Waals surface area contributed by atoms with E-state index in [1.165, 1.54) is 6.42 Å². The summed E-state index contributed by atoms with van der Waals surface area (Å²) in [6, 6.07) is 7.83. The van der Waals surface area contributed by atoms with Gasteiger partial charge in [-0.2, -0.15) is 0 Å². The molecule has 3 heteroatoms. The minimum Gasteiger partial charge on any atom is -0.336 e. The number of rotatable bonds is 7. The predicted octanol–water partition coefficient (Wildman–Crippen LogP) is 4.47. The maximum atomic E-state index is 12.5. The third-order valence-corrected chi connectivity index (χ3v) is 3.52. The first kappa shape index (κ1) is 16.0. The van der Waals surface area contributed by atoms with Crippen molar-refractivity contribution in [2.75, 3.05) is 6.54 Å². The normalized spacial score (nSPS) is 10.8. The number of carbonyl (C=O) groups excluding carboxylic acids is 1. The number of halogens is 1. The van der Waals surface area contributed by atoms with E-state index in [1.807, 2.05) is 29.2 Å². The molecule has 0 atom stereocenters. The highest BCUT2D eigenvalue weighted by molar-refractivity contribution is 6.17. The Morgan fingerprint density at radius 1 is 1.32 bits per heavy atom. The summed E-state index contributed by atoms with van der Waals surface area (Å²) in [6.07, 6.45) is 3.40. The van der Waals surface area contributed by atoms with Crippen LogP contribution < -0.4 is 0 Å². The van der Waals surface area contributed by atoms with E-state index in [4.69, 9.17) is 11.6 Å². The number of benzene rings is 1. The lowest BCUT2D eigenvalue weighted by molar-refractivity contribution is 0.0702. The molecule has 0 aliphatic heterocycles. The number of amides is 1. The summed E-state index contributed by atoms with van der Waals surface area (Å²) in [5.74, 6) is 0.552. The zero-order valence-electron chi connectivity index (χ0n) is 12.2. The second kappa shape index (κ2) is 8.21. The summed E-state index contributed by atoms with van der Waals surface area (Å²) in [5.41, 5.74) is 1.73. The molecule has 1 aromatic carbocycles. The Bertz CT molecular complexity index is 403. The molecule has 0 aromatic heterocycles. The molecule has 0 heterocycles. The van der Waals surface area contributed by atoms with Crippen LogP contribution >= 0.6 is 11.6 Å². The van der Waals surface area contributed by atoms with Gasteiger partial charge in [0.1, 0.15) is 0 Å². The van der Waals surface area contributed by atoms with E-state index < -0.39 is 0 Å². The summed E-state index contributed by atoms with van der Waals surface area (Å²) in [5, 5.41) is 0. The zero-order chi connectivity index (χ0) is 14.3. The number of alkyl halides is 1. The van der Waals surface area contributed by atoms with E-state index in [0.717, 1.165) is 30.5 Å². The zero-order valence-corrected chi connectivity index (χ0v) is 12.9. The lowest BCUT2D eigenvalue weighted by Crippen LogP contribution is -2.37. The van der Waals surface area contributed by atoms with E-state index >= 15 is 0 Å². The van der Waals surface area contributed by atoms with Crippen LogP contribution in [-0.4, -0.2) is 23.4 Å². The third kappa shape index (κ3) is 4.87. The van der Waals surface area contributed by atoms with Gasteiger partial charge in [0.2, 0.25) is 0 Å². The van der Waals surface area contributed by atoms with Gasteiger partial charge < -0.3 is 4.90 Å². The maximum Gasteiger partial charge on any atom is 0.254 e. The monoisotopic (exact) mass is 281 g/mol. The van der Waals surface area contributed by atoms with Crippen molar-refractivity contribution in [3.05, 3.63) is 35.4 Å². The van der Waals surface area contributed by atoms with E-state index in [-0.39, 0.29) is 11.9 Å². The Hall–Kier alpha value is -1.02. The fourth-order valence-corrected chi connectivity index (χ4v) is 2.25. The first-order valence-electron chi connectivity index (χ1n) is 7.06. The van der Waals surface area contributed by atoms with E-state index in [1.54, 1.807) is 0 Å². The van der Waals surface area contributed by atoms with Gasteiger partial charge in [-0.25, -0.2) is 0 Å². The number of nitrogens with zero attached hydrogens (tertiary/aromatic N) is 1. The van der Waals surface area contributed by atoms with Gasteiger partial charge in [0.15, 0.2) is 0 Å². The van der Waals surface area contributed by atoms with E-state index in [9.17, 15) is 4.79 Å². The van der Waals surface area contributed by atoms with Crippen molar-refractivity contribution in [1.82, 2.24) is 4.90 Å². The van der Waals surface area contributed by atoms with Crippen LogP contribution in [-0.2, 0) is 5.88 Å². The van der Waals surface area contributed by atoms with Gasteiger partial charge in [-0.1, -0.05) is 31.9 Å². The molecule has 0 unspecified atom stereocenters. The molecule has 0 bridgehead atoms. The van der Waals surface area contributed by atoms with Crippen LogP contribution in [0.5, 0.6) is 0 Å². The molecule has 0 fully saturated rings. The van der Waals surface area contributed by atoms with Crippen LogP contribution in [0.25, 0.3) is 0 Å². The topological polar surface area (TPSA) is 20.3 Å². The highest BCUT2D eigenvalue weighted by Gasteiger charge is 2.18. The predicted molar refractivity (Wildman–Crippen MR) is 81.7 cm³/mol. The van der Waals surface area contributed by atoms with Gasteiger partial charge in [-0.3, -0.25) is 4.79 Å². The van der Waals surface area contributed by atoms with Crippen LogP contribution in [0.15, 0.2) is 24.3 Å². The van der Waals surface area contributed by atoms with E-state index in [0.29, 0.717) is 5.88 Å². The van der Waals surface area contributed by atoms with Crippen molar-refractivity contribution in [2.24, 2.45) is 0 Å². The van der Waals surface area contributed by atoms with Crippen LogP contribution in [0.3, 0.4) is 0 Å². The molecule has 106 valence electrons. The summed E-state index contributed by atoms with van der Waals surface area (Å²) in [4.78, 5) is 14.5. The Labute approximate surface area is 121 Å². The lowest BCUT2D eigenvalue weighted by Gasteiger charge is -2.27. The van der Waals surface area contributed by atoms with Gasteiger partial charge in [-0.15, -0.1) is 11.6 Å². The standard InChI is InChI=1S/C16H24ClNO/c1-4-5-6-10-18(13(2)3)16(19)15-9-7-8-14(11-15)12-17/h7-9,11,13H,4-6,10,12H2,1-3H3. The smallest absolute Gasteiger partial charge is 0.254 e. The largest absolute Gasteiger partial charge is 0.336 e. The molecule has 0 saturated carbocycles. The summed E-state index contributed by atoms with van der Waals surface area (Å²) < 4.78 is 0. The minimum atomic E-state index is 0.109. The molecule has 0 saturated heterocycles. The van der Waals surface area contributed by atoms with Crippen LogP contribution in [0.4, 0.5) is 0 Å². The Balaban J connectivity index is 2.80. The van der Waals surface area contributed by atoms with Crippen molar-refractivity contribution in [2.45, 2.75) is 52.0 Å². The van der Waals surface area contributed by atoms with Gasteiger partial charge in [0.05, 0.1) is 0 Å². The van der Waals surface area contributed by atoms with Gasteiger partial charge >= 0.3 is 0 Å². The molecule has 0 spiro atoms. The Kier molecular flexibility index (Phi) is 6.93. The number of carbonyl (C=O) groups is 1. The first-order chi connectivity index (χ1) is 9.10. The van der Waals surface area contributed by atoms with Gasteiger partial charge in [0.25, 0.3) is 5.91 Å². The van der Waals surface area contributed by atoms with Crippen molar-refractivity contribution in [3.63, 3.8) is 0 Å². The molecule has 1 aromatic rings.